The van der Waals surface area contributed by atoms with E-state index in [9.17, 15) is 8.42 Å². The van der Waals surface area contributed by atoms with Crippen molar-refractivity contribution in [1.82, 2.24) is 0 Å². The minimum Gasteiger partial charge on any atom is -0.489 e. The van der Waals surface area contributed by atoms with Gasteiger partial charge in [0.05, 0.1) is 16.1 Å². The molecule has 1 saturated carbocycles. The highest BCUT2D eigenvalue weighted by molar-refractivity contribution is 7.89. The van der Waals surface area contributed by atoms with E-state index in [-0.39, 0.29) is 21.0 Å². The Bertz CT molecular complexity index is 569. The second kappa shape index (κ2) is 5.87. The van der Waals surface area contributed by atoms with E-state index in [1.165, 1.54) is 18.6 Å². The van der Waals surface area contributed by atoms with Gasteiger partial charge in [-0.15, -0.1) is 0 Å². The summed E-state index contributed by atoms with van der Waals surface area (Å²) in [4.78, 5) is -0.185. The first-order valence-corrected chi connectivity index (χ1v) is 8.36. The lowest BCUT2D eigenvalue weighted by Gasteiger charge is -2.23. The Balaban J connectivity index is 2.25. The summed E-state index contributed by atoms with van der Waals surface area (Å²) in [7, 11) is -3.88. The van der Waals surface area contributed by atoms with Crippen molar-refractivity contribution in [3.63, 3.8) is 0 Å². The van der Waals surface area contributed by atoms with Gasteiger partial charge in [-0.1, -0.05) is 29.6 Å². The fraction of sp³-hybridized carbons (Fsp3) is 0.500. The summed E-state index contributed by atoms with van der Waals surface area (Å²) in [5.41, 5.74) is 0. The Labute approximate surface area is 122 Å². The van der Waals surface area contributed by atoms with E-state index in [0.717, 1.165) is 25.7 Å². The molecule has 7 heteroatoms. The van der Waals surface area contributed by atoms with Gasteiger partial charge in [0.1, 0.15) is 10.6 Å². The third kappa shape index (κ3) is 3.75. The van der Waals surface area contributed by atoms with Crippen LogP contribution in [0.1, 0.15) is 32.1 Å². The minimum atomic E-state index is -3.88. The summed E-state index contributed by atoms with van der Waals surface area (Å²) in [6, 6.07) is 2.65. The first-order valence-electron chi connectivity index (χ1n) is 6.06. The molecule has 1 aromatic rings. The minimum absolute atomic E-state index is 0.0257. The summed E-state index contributed by atoms with van der Waals surface area (Å²) in [5, 5.41) is 5.28. The standard InChI is InChI=1S/C12H15Cl2NO3S/c13-9-7-12(19(15,16)17)10(14)6-11(9)18-8-4-2-1-3-5-8/h6-8H,1-5H2,(H2,15,16,17). The van der Waals surface area contributed by atoms with Crippen LogP contribution in [-0.2, 0) is 10.0 Å². The third-order valence-electron chi connectivity index (χ3n) is 3.14. The number of hydrogen-bond donors (Lipinski definition) is 1. The van der Waals surface area contributed by atoms with Crippen LogP contribution in [0, 0.1) is 0 Å². The van der Waals surface area contributed by atoms with E-state index in [4.69, 9.17) is 33.1 Å². The first-order chi connectivity index (χ1) is 8.88. The Hall–Kier alpha value is -0.490. The number of benzene rings is 1. The maximum atomic E-state index is 11.3. The van der Waals surface area contributed by atoms with Gasteiger partial charge < -0.3 is 4.74 Å². The molecule has 0 unspecified atom stereocenters. The van der Waals surface area contributed by atoms with Gasteiger partial charge in [0.2, 0.25) is 10.0 Å². The van der Waals surface area contributed by atoms with Gasteiger partial charge in [-0.05, 0) is 31.7 Å². The average Bonchev–Trinajstić information content (AvgIpc) is 2.33. The van der Waals surface area contributed by atoms with E-state index in [0.29, 0.717) is 5.75 Å². The molecule has 106 valence electrons. The molecule has 2 rings (SSSR count). The van der Waals surface area contributed by atoms with Gasteiger partial charge in [0.15, 0.2) is 0 Å². The van der Waals surface area contributed by atoms with Crippen molar-refractivity contribution in [3.05, 3.63) is 22.2 Å². The zero-order valence-electron chi connectivity index (χ0n) is 10.2. The normalized spacial score (nSPS) is 17.4. The fourth-order valence-electron chi connectivity index (χ4n) is 2.18. The number of halogens is 2. The van der Waals surface area contributed by atoms with Crippen LogP contribution in [0.3, 0.4) is 0 Å². The quantitative estimate of drug-likeness (QED) is 0.927. The molecule has 1 fully saturated rings. The summed E-state index contributed by atoms with van der Waals surface area (Å²) in [6.45, 7) is 0. The lowest BCUT2D eigenvalue weighted by Crippen LogP contribution is -2.20. The van der Waals surface area contributed by atoms with Gasteiger partial charge in [0, 0.05) is 6.07 Å². The van der Waals surface area contributed by atoms with Crippen LogP contribution in [0.15, 0.2) is 17.0 Å². The van der Waals surface area contributed by atoms with E-state index in [1.807, 2.05) is 0 Å². The number of nitrogens with two attached hydrogens (primary N) is 1. The van der Waals surface area contributed by atoms with Gasteiger partial charge in [-0.3, -0.25) is 0 Å². The highest BCUT2D eigenvalue weighted by Gasteiger charge is 2.20. The smallest absolute Gasteiger partial charge is 0.239 e. The topological polar surface area (TPSA) is 69.4 Å². The Kier molecular flexibility index (Phi) is 4.61. The molecule has 4 nitrogen and oxygen atoms in total. The number of primary sulfonamides is 1. The maximum absolute atomic E-state index is 11.3. The monoisotopic (exact) mass is 323 g/mol. The van der Waals surface area contributed by atoms with Crippen LogP contribution < -0.4 is 9.88 Å². The van der Waals surface area contributed by atoms with Crippen LogP contribution in [0.5, 0.6) is 5.75 Å². The lowest BCUT2D eigenvalue weighted by molar-refractivity contribution is 0.155. The molecular weight excluding hydrogens is 309 g/mol. The van der Waals surface area contributed by atoms with E-state index in [2.05, 4.69) is 0 Å². The molecule has 0 atom stereocenters. The molecule has 1 aliphatic carbocycles. The molecule has 1 aliphatic rings. The van der Waals surface area contributed by atoms with Crippen molar-refractivity contribution in [2.45, 2.75) is 43.1 Å². The predicted octanol–water partition coefficient (Wildman–Crippen LogP) is 3.35. The second-order valence-corrected chi connectivity index (χ2v) is 6.98. The Morgan fingerprint density at radius 2 is 1.74 bits per heavy atom. The molecule has 0 aliphatic heterocycles. The summed E-state index contributed by atoms with van der Waals surface area (Å²) in [5.74, 6) is 0.408. The fourth-order valence-corrected chi connectivity index (χ4v) is 3.54. The molecule has 0 aromatic heterocycles. The molecule has 0 heterocycles. The van der Waals surface area contributed by atoms with Crippen LogP contribution in [-0.4, -0.2) is 14.5 Å². The lowest BCUT2D eigenvalue weighted by atomic mass is 9.98. The van der Waals surface area contributed by atoms with Crippen molar-refractivity contribution in [2.75, 3.05) is 0 Å². The first kappa shape index (κ1) is 14.9. The zero-order chi connectivity index (χ0) is 14.0. The molecule has 0 radical (unpaired) electrons. The van der Waals surface area contributed by atoms with E-state index >= 15 is 0 Å². The molecule has 19 heavy (non-hydrogen) atoms. The highest BCUT2D eigenvalue weighted by Crippen LogP contribution is 2.35. The highest BCUT2D eigenvalue weighted by atomic mass is 35.5. The summed E-state index contributed by atoms with van der Waals surface area (Å²) in [6.07, 6.45) is 5.55. The van der Waals surface area contributed by atoms with Gasteiger partial charge in [-0.2, -0.15) is 0 Å². The Morgan fingerprint density at radius 1 is 1.11 bits per heavy atom. The average molecular weight is 324 g/mol. The third-order valence-corrected chi connectivity index (χ3v) is 4.81. The maximum Gasteiger partial charge on any atom is 0.239 e. The number of ether oxygens (including phenoxy) is 1. The van der Waals surface area contributed by atoms with Crippen molar-refractivity contribution >= 4 is 33.2 Å². The van der Waals surface area contributed by atoms with Crippen molar-refractivity contribution in [2.24, 2.45) is 5.14 Å². The number of rotatable bonds is 3. The van der Waals surface area contributed by atoms with E-state index in [1.54, 1.807) is 0 Å². The molecule has 0 spiro atoms. The van der Waals surface area contributed by atoms with Crippen LogP contribution in [0.25, 0.3) is 0 Å². The molecule has 0 bridgehead atoms. The molecule has 0 amide bonds. The van der Waals surface area contributed by atoms with Crippen LogP contribution in [0.2, 0.25) is 10.0 Å². The number of sulfonamides is 1. The second-order valence-electron chi connectivity index (χ2n) is 4.64. The molecular formula is C12H15Cl2NO3S. The summed E-state index contributed by atoms with van der Waals surface area (Å²) >= 11 is 11.9. The van der Waals surface area contributed by atoms with Crippen molar-refractivity contribution in [1.29, 1.82) is 0 Å². The largest absolute Gasteiger partial charge is 0.489 e. The molecule has 0 saturated heterocycles. The van der Waals surface area contributed by atoms with Gasteiger partial charge >= 0.3 is 0 Å². The SMILES string of the molecule is NS(=O)(=O)c1cc(Cl)c(OC2CCCCC2)cc1Cl. The van der Waals surface area contributed by atoms with E-state index < -0.39 is 10.0 Å². The van der Waals surface area contributed by atoms with Gasteiger partial charge in [0.25, 0.3) is 0 Å². The Morgan fingerprint density at radius 3 is 2.32 bits per heavy atom. The molecule has 1 aromatic carbocycles. The van der Waals surface area contributed by atoms with Crippen molar-refractivity contribution < 1.29 is 13.2 Å². The predicted molar refractivity (Wildman–Crippen MR) is 75.3 cm³/mol. The zero-order valence-corrected chi connectivity index (χ0v) is 12.6. The van der Waals surface area contributed by atoms with Crippen LogP contribution in [0.4, 0.5) is 0 Å². The van der Waals surface area contributed by atoms with Crippen LogP contribution >= 0.6 is 23.2 Å². The number of hydrogen-bond acceptors (Lipinski definition) is 3. The van der Waals surface area contributed by atoms with Gasteiger partial charge in [-0.25, -0.2) is 13.6 Å². The van der Waals surface area contributed by atoms with Crippen molar-refractivity contribution in [3.8, 4) is 5.75 Å². The molecule has 2 N–H and O–H groups in total. The summed E-state index contributed by atoms with van der Waals surface area (Å²) < 4.78 is 28.4.